The number of nitrogens with zero attached hydrogens (tertiary/aromatic N) is 2. The lowest BCUT2D eigenvalue weighted by molar-refractivity contribution is 0.564. The fraction of sp³-hybridized carbons (Fsp3) is 0.111. The smallest absolute Gasteiger partial charge is 0.211 e. The first kappa shape index (κ1) is 13.6. The number of isocyanates is 2. The Balaban J connectivity index is 0.000000423. The second-order valence-electron chi connectivity index (χ2n) is 2.09. The second-order valence-corrected chi connectivity index (χ2v) is 2.88. The van der Waals surface area contributed by atoms with Gasteiger partial charge in [0, 0.05) is 7.05 Å². The number of benzene rings is 1. The van der Waals surface area contributed by atoms with Crippen LogP contribution < -0.4 is 0 Å². The van der Waals surface area contributed by atoms with Crippen molar-refractivity contribution in [2.24, 2.45) is 9.98 Å². The van der Waals surface area contributed by atoms with Crippen LogP contribution in [0.1, 0.15) is 0 Å². The number of hydrogen-bond acceptors (Lipinski definition) is 4. The van der Waals surface area contributed by atoms with Crippen molar-refractivity contribution in [2.45, 2.75) is 0 Å². The number of aliphatic imine (C=N–C) groups is 2. The number of halogens is 2. The Kier molecular flexibility index (Phi) is 7.16. The van der Waals surface area contributed by atoms with Gasteiger partial charge in [-0.1, -0.05) is 29.3 Å². The topological polar surface area (TPSA) is 58.9 Å². The molecule has 15 heavy (non-hydrogen) atoms. The zero-order chi connectivity index (χ0) is 11.7. The first-order valence-corrected chi connectivity index (χ1v) is 4.40. The Morgan fingerprint density at radius 2 is 1.80 bits per heavy atom. The molecule has 0 radical (unpaired) electrons. The molecule has 0 saturated heterocycles. The van der Waals surface area contributed by atoms with Gasteiger partial charge in [-0.15, -0.1) is 0 Å². The summed E-state index contributed by atoms with van der Waals surface area (Å²) in [6.45, 7) is 0. The molecular weight excluding hydrogens is 239 g/mol. The molecule has 4 nitrogen and oxygen atoms in total. The predicted molar refractivity (Wildman–Crippen MR) is 58.3 cm³/mol. The number of carbonyl (C=O) groups excluding carboxylic acids is 2. The van der Waals surface area contributed by atoms with Crippen LogP contribution in [0.3, 0.4) is 0 Å². The van der Waals surface area contributed by atoms with Crippen LogP contribution in [0.15, 0.2) is 28.2 Å². The zero-order valence-electron chi connectivity index (χ0n) is 7.70. The third-order valence-electron chi connectivity index (χ3n) is 1.19. The van der Waals surface area contributed by atoms with Crippen LogP contribution in [0.2, 0.25) is 10.0 Å². The van der Waals surface area contributed by atoms with Gasteiger partial charge in [-0.2, -0.15) is 4.99 Å². The molecule has 1 aromatic rings. The summed E-state index contributed by atoms with van der Waals surface area (Å²) in [4.78, 5) is 25.0. The van der Waals surface area contributed by atoms with Crippen LogP contribution in [0.25, 0.3) is 0 Å². The molecule has 1 aromatic carbocycles. The Hall–Kier alpha value is -1.44. The van der Waals surface area contributed by atoms with Gasteiger partial charge < -0.3 is 0 Å². The van der Waals surface area contributed by atoms with Gasteiger partial charge in [-0.25, -0.2) is 14.6 Å². The molecule has 0 aromatic heterocycles. The quantitative estimate of drug-likeness (QED) is 0.564. The minimum atomic E-state index is 0.275. The average molecular weight is 245 g/mol. The molecule has 0 fully saturated rings. The van der Waals surface area contributed by atoms with Gasteiger partial charge in [0.05, 0.1) is 15.7 Å². The second kappa shape index (κ2) is 7.92. The van der Waals surface area contributed by atoms with Crippen LogP contribution in [0, 0.1) is 0 Å². The van der Waals surface area contributed by atoms with Gasteiger partial charge in [-0.05, 0) is 12.1 Å². The third-order valence-corrected chi connectivity index (χ3v) is 2.00. The Bertz CT molecular complexity index is 422. The molecule has 0 heterocycles. The van der Waals surface area contributed by atoms with Crippen LogP contribution in [0.4, 0.5) is 5.69 Å². The van der Waals surface area contributed by atoms with Crippen molar-refractivity contribution in [3.63, 3.8) is 0 Å². The highest BCUT2D eigenvalue weighted by atomic mass is 35.5. The Morgan fingerprint density at radius 3 is 2.27 bits per heavy atom. The van der Waals surface area contributed by atoms with Gasteiger partial charge in [0.1, 0.15) is 0 Å². The van der Waals surface area contributed by atoms with E-state index in [-0.39, 0.29) is 5.02 Å². The maximum atomic E-state index is 9.84. The number of hydrogen-bond donors (Lipinski definition) is 0. The molecule has 0 saturated carbocycles. The normalized spacial score (nSPS) is 7.67. The summed E-state index contributed by atoms with van der Waals surface area (Å²) in [6.07, 6.45) is 2.69. The van der Waals surface area contributed by atoms with E-state index in [9.17, 15) is 4.79 Å². The lowest BCUT2D eigenvalue weighted by Gasteiger charge is -1.95. The van der Waals surface area contributed by atoms with Crippen molar-refractivity contribution in [1.29, 1.82) is 0 Å². The van der Waals surface area contributed by atoms with E-state index >= 15 is 0 Å². The highest BCUT2D eigenvalue weighted by Gasteiger charge is 2.01. The maximum absolute atomic E-state index is 9.84. The van der Waals surface area contributed by atoms with E-state index in [1.165, 1.54) is 19.2 Å². The lowest BCUT2D eigenvalue weighted by Crippen LogP contribution is -1.69. The standard InChI is InChI=1S/C7H3Cl2NO.C2H3NO/c8-5-2-1-3-6(7(5)9)10-4-11;1-3-2-4/h1-3H;1H3. The molecule has 1 rings (SSSR count). The minimum absolute atomic E-state index is 0.275. The molecular formula is C9H6Cl2N2O2. The van der Waals surface area contributed by atoms with Crippen molar-refractivity contribution >= 4 is 41.0 Å². The first-order chi connectivity index (χ1) is 7.17. The summed E-state index contributed by atoms with van der Waals surface area (Å²) < 4.78 is 0. The van der Waals surface area contributed by atoms with Crippen LogP contribution in [-0.4, -0.2) is 19.2 Å². The lowest BCUT2D eigenvalue weighted by atomic mass is 10.3. The van der Waals surface area contributed by atoms with Gasteiger partial charge in [0.15, 0.2) is 0 Å². The van der Waals surface area contributed by atoms with Crippen LogP contribution in [0.5, 0.6) is 0 Å². The average Bonchev–Trinajstić information content (AvgIpc) is 2.25. The SMILES string of the molecule is CN=C=O.O=C=Nc1cccc(Cl)c1Cl. The van der Waals surface area contributed by atoms with E-state index in [4.69, 9.17) is 28.0 Å². The molecule has 0 unspecified atom stereocenters. The van der Waals surface area contributed by atoms with E-state index in [2.05, 4.69) is 9.98 Å². The van der Waals surface area contributed by atoms with E-state index in [1.807, 2.05) is 0 Å². The van der Waals surface area contributed by atoms with Gasteiger partial charge in [-0.3, -0.25) is 0 Å². The van der Waals surface area contributed by atoms with Crippen molar-refractivity contribution in [3.05, 3.63) is 28.2 Å². The first-order valence-electron chi connectivity index (χ1n) is 3.65. The molecule has 78 valence electrons. The highest BCUT2D eigenvalue weighted by Crippen LogP contribution is 2.30. The van der Waals surface area contributed by atoms with Crippen LogP contribution in [-0.2, 0) is 9.59 Å². The highest BCUT2D eigenvalue weighted by molar-refractivity contribution is 6.43. The van der Waals surface area contributed by atoms with E-state index in [0.717, 1.165) is 0 Å². The minimum Gasteiger partial charge on any atom is -0.211 e. The van der Waals surface area contributed by atoms with Gasteiger partial charge >= 0.3 is 0 Å². The van der Waals surface area contributed by atoms with Gasteiger partial charge in [0.25, 0.3) is 0 Å². The summed E-state index contributed by atoms with van der Waals surface area (Å²) in [7, 11) is 1.38. The fourth-order valence-corrected chi connectivity index (χ4v) is 0.966. The zero-order valence-corrected chi connectivity index (χ0v) is 9.21. The molecule has 0 amide bonds. The van der Waals surface area contributed by atoms with E-state index in [1.54, 1.807) is 18.2 Å². The fourth-order valence-electron chi connectivity index (χ4n) is 0.628. The van der Waals surface area contributed by atoms with E-state index in [0.29, 0.717) is 10.7 Å². The molecule has 6 heteroatoms. The van der Waals surface area contributed by atoms with Crippen molar-refractivity contribution in [2.75, 3.05) is 7.05 Å². The monoisotopic (exact) mass is 244 g/mol. The van der Waals surface area contributed by atoms with Crippen LogP contribution >= 0.6 is 23.2 Å². The summed E-state index contributed by atoms with van der Waals surface area (Å²) in [6, 6.07) is 4.86. The predicted octanol–water partition coefficient (Wildman–Crippen LogP) is 2.91. The molecule has 0 aliphatic heterocycles. The summed E-state index contributed by atoms with van der Waals surface area (Å²) in [5.41, 5.74) is 0.342. The maximum Gasteiger partial charge on any atom is 0.240 e. The number of rotatable bonds is 1. The summed E-state index contributed by atoms with van der Waals surface area (Å²) >= 11 is 11.3. The molecule has 0 spiro atoms. The van der Waals surface area contributed by atoms with Gasteiger partial charge in [0.2, 0.25) is 12.2 Å². The largest absolute Gasteiger partial charge is 0.240 e. The molecule has 0 N–H and O–H groups in total. The molecule has 0 bridgehead atoms. The Labute approximate surface area is 96.3 Å². The third kappa shape index (κ3) is 5.11. The van der Waals surface area contributed by atoms with E-state index < -0.39 is 0 Å². The molecule has 0 atom stereocenters. The summed E-state index contributed by atoms with van der Waals surface area (Å²) in [5, 5.41) is 0.653. The molecule has 0 aliphatic rings. The Morgan fingerprint density at radius 1 is 1.20 bits per heavy atom. The van der Waals surface area contributed by atoms with Crippen molar-refractivity contribution in [1.82, 2.24) is 0 Å². The van der Waals surface area contributed by atoms with Crippen molar-refractivity contribution < 1.29 is 9.59 Å². The molecule has 0 aliphatic carbocycles. The summed E-state index contributed by atoms with van der Waals surface area (Å²) in [5.74, 6) is 0. The van der Waals surface area contributed by atoms with Crippen molar-refractivity contribution in [3.8, 4) is 0 Å².